The van der Waals surface area contributed by atoms with Crippen LogP contribution in [0.25, 0.3) is 10.9 Å². The van der Waals surface area contributed by atoms with Crippen molar-refractivity contribution in [3.8, 4) is 6.07 Å². The van der Waals surface area contributed by atoms with E-state index in [0.717, 1.165) is 29.2 Å². The maximum Gasteiger partial charge on any atom is 0.416 e. The van der Waals surface area contributed by atoms with E-state index < -0.39 is 28.1 Å². The summed E-state index contributed by atoms with van der Waals surface area (Å²) in [6, 6.07) is 9.05. The number of halogens is 3. The van der Waals surface area contributed by atoms with Gasteiger partial charge in [-0.15, -0.1) is 0 Å². The number of alkyl halides is 3. The van der Waals surface area contributed by atoms with Gasteiger partial charge in [-0.3, -0.25) is 14.4 Å². The zero-order valence-corrected chi connectivity index (χ0v) is 15.3. The Labute approximate surface area is 159 Å². The molecule has 144 valence electrons. The summed E-state index contributed by atoms with van der Waals surface area (Å²) in [5.41, 5.74) is 1.58. The van der Waals surface area contributed by atoms with E-state index in [1.54, 1.807) is 6.92 Å². The zero-order chi connectivity index (χ0) is 20.5. The Morgan fingerprint density at radius 2 is 2.00 bits per heavy atom. The molecular formula is C18H13F3N4O2S. The van der Waals surface area contributed by atoms with E-state index in [-0.39, 0.29) is 22.2 Å². The van der Waals surface area contributed by atoms with E-state index in [1.165, 1.54) is 18.2 Å². The van der Waals surface area contributed by atoms with Crippen molar-refractivity contribution in [2.75, 3.05) is 11.2 Å². The second-order valence-electron chi connectivity index (χ2n) is 5.72. The van der Waals surface area contributed by atoms with Crippen LogP contribution in [-0.4, -0.2) is 19.6 Å². The van der Waals surface area contributed by atoms with Crippen LogP contribution in [-0.2, 0) is 17.0 Å². The van der Waals surface area contributed by atoms with Crippen molar-refractivity contribution in [2.24, 2.45) is 0 Å². The molecule has 3 rings (SSSR count). The van der Waals surface area contributed by atoms with Crippen molar-refractivity contribution in [2.45, 2.75) is 18.0 Å². The number of nitrogens with one attached hydrogen (secondary N) is 1. The van der Waals surface area contributed by atoms with Crippen molar-refractivity contribution in [1.82, 2.24) is 9.66 Å². The number of anilines is 1. The minimum Gasteiger partial charge on any atom is -0.289 e. The molecule has 0 radical (unpaired) electrons. The molecular weight excluding hydrogens is 393 g/mol. The Hall–Kier alpha value is -3.19. The molecule has 1 aromatic heterocycles. The van der Waals surface area contributed by atoms with Crippen molar-refractivity contribution in [3.05, 3.63) is 64.2 Å². The highest BCUT2D eigenvalue weighted by Gasteiger charge is 2.30. The molecule has 6 nitrogen and oxygen atoms in total. The molecule has 1 heterocycles. The van der Waals surface area contributed by atoms with E-state index in [4.69, 9.17) is 5.26 Å². The van der Waals surface area contributed by atoms with Gasteiger partial charge in [0, 0.05) is 5.75 Å². The third-order valence-electron chi connectivity index (χ3n) is 3.94. The lowest BCUT2D eigenvalue weighted by molar-refractivity contribution is -0.137. The molecule has 1 N–H and O–H groups in total. The number of nitriles is 1. The molecule has 0 amide bonds. The molecule has 0 bridgehead atoms. The van der Waals surface area contributed by atoms with E-state index >= 15 is 0 Å². The van der Waals surface area contributed by atoms with Gasteiger partial charge in [0.05, 0.1) is 49.5 Å². The lowest BCUT2D eigenvalue weighted by Gasteiger charge is -2.14. The fraction of sp³-hybridized carbons (Fsp3) is 0.167. The Bertz CT molecular complexity index is 1180. The fourth-order valence-electron chi connectivity index (χ4n) is 2.55. The molecule has 10 heteroatoms. The van der Waals surface area contributed by atoms with Crippen LogP contribution in [0.1, 0.15) is 18.1 Å². The summed E-state index contributed by atoms with van der Waals surface area (Å²) in [5.74, 6) is 0.306. The van der Waals surface area contributed by atoms with E-state index in [0.29, 0.717) is 10.6 Å². The lowest BCUT2D eigenvalue weighted by atomic mass is 10.1. The van der Waals surface area contributed by atoms with Gasteiger partial charge in [-0.05, 0) is 36.4 Å². The van der Waals surface area contributed by atoms with E-state index in [1.807, 2.05) is 6.07 Å². The third kappa shape index (κ3) is 3.75. The SMILES string of the molecule is CCS(=O)c1ccc(C#N)cc1Nn1cnc2ccc(C(F)(F)F)cc2c1=O. The minimum atomic E-state index is -4.60. The van der Waals surface area contributed by atoms with Crippen molar-refractivity contribution >= 4 is 27.4 Å². The summed E-state index contributed by atoms with van der Waals surface area (Å²) in [6.07, 6.45) is -3.48. The Kier molecular flexibility index (Phi) is 5.20. The van der Waals surface area contributed by atoms with Gasteiger partial charge in [-0.25, -0.2) is 9.66 Å². The van der Waals surface area contributed by atoms with Gasteiger partial charge in [0.25, 0.3) is 5.56 Å². The molecule has 2 aromatic carbocycles. The first-order valence-corrected chi connectivity index (χ1v) is 9.34. The molecule has 0 fully saturated rings. The van der Waals surface area contributed by atoms with Gasteiger partial charge >= 0.3 is 6.18 Å². The van der Waals surface area contributed by atoms with Gasteiger partial charge < -0.3 is 0 Å². The predicted molar refractivity (Wildman–Crippen MR) is 98.1 cm³/mol. The van der Waals surface area contributed by atoms with Crippen LogP contribution in [0.5, 0.6) is 0 Å². The van der Waals surface area contributed by atoms with Crippen LogP contribution in [0.2, 0.25) is 0 Å². The molecule has 1 unspecified atom stereocenters. The fourth-order valence-corrected chi connectivity index (χ4v) is 3.43. The molecule has 28 heavy (non-hydrogen) atoms. The molecule has 0 saturated carbocycles. The van der Waals surface area contributed by atoms with Crippen LogP contribution >= 0.6 is 0 Å². The van der Waals surface area contributed by atoms with E-state index in [9.17, 15) is 22.2 Å². The van der Waals surface area contributed by atoms with Crippen LogP contribution in [0.15, 0.2) is 52.4 Å². The Balaban J connectivity index is 2.13. The smallest absolute Gasteiger partial charge is 0.289 e. The maximum absolute atomic E-state index is 12.9. The highest BCUT2D eigenvalue weighted by Crippen LogP contribution is 2.30. The number of aromatic nitrogens is 2. The molecule has 0 saturated heterocycles. The lowest BCUT2D eigenvalue weighted by Crippen LogP contribution is -2.27. The largest absolute Gasteiger partial charge is 0.416 e. The number of rotatable bonds is 4. The van der Waals surface area contributed by atoms with Crippen molar-refractivity contribution in [1.29, 1.82) is 5.26 Å². The highest BCUT2D eigenvalue weighted by atomic mass is 32.2. The van der Waals surface area contributed by atoms with E-state index in [2.05, 4.69) is 10.4 Å². The molecule has 0 spiro atoms. The number of nitrogens with zero attached hydrogens (tertiary/aromatic N) is 3. The second kappa shape index (κ2) is 7.44. The van der Waals surface area contributed by atoms with Gasteiger partial charge in [-0.2, -0.15) is 18.4 Å². The van der Waals surface area contributed by atoms with Crippen molar-refractivity contribution in [3.63, 3.8) is 0 Å². The van der Waals surface area contributed by atoms with Gasteiger partial charge in [-0.1, -0.05) is 6.92 Å². The molecule has 0 aliphatic rings. The minimum absolute atomic E-state index is 0.110. The van der Waals surface area contributed by atoms with Crippen molar-refractivity contribution < 1.29 is 17.4 Å². The molecule has 3 aromatic rings. The Morgan fingerprint density at radius 3 is 2.64 bits per heavy atom. The molecule has 1 atom stereocenters. The average Bonchev–Trinajstić information content (AvgIpc) is 2.68. The van der Waals surface area contributed by atoms with Crippen LogP contribution < -0.4 is 11.0 Å². The van der Waals surface area contributed by atoms with Gasteiger partial charge in [0.15, 0.2) is 0 Å². The summed E-state index contributed by atoms with van der Waals surface area (Å²) in [6.45, 7) is 1.71. The molecule has 0 aliphatic heterocycles. The monoisotopic (exact) mass is 406 g/mol. The second-order valence-corrected chi connectivity index (χ2v) is 7.43. The van der Waals surface area contributed by atoms with Crippen LogP contribution in [0.4, 0.5) is 18.9 Å². The van der Waals surface area contributed by atoms with Crippen LogP contribution in [0.3, 0.4) is 0 Å². The first-order chi connectivity index (χ1) is 13.2. The first-order valence-electron chi connectivity index (χ1n) is 8.02. The summed E-state index contributed by atoms with van der Waals surface area (Å²) in [4.78, 5) is 17.0. The predicted octanol–water partition coefficient (Wildman–Crippen LogP) is 3.29. The standard InChI is InChI=1S/C18H13F3N4O2S/c1-2-28(27)16-6-3-11(9-22)7-15(16)24-25-10-23-14-5-4-12(18(19,20)21)8-13(14)17(25)26/h3-8,10,24H,2H2,1H3. The Morgan fingerprint density at radius 1 is 1.25 bits per heavy atom. The first kappa shape index (κ1) is 19.6. The van der Waals surface area contributed by atoms with Crippen LogP contribution in [0, 0.1) is 11.3 Å². The van der Waals surface area contributed by atoms with Gasteiger partial charge in [0.1, 0.15) is 6.33 Å². The summed E-state index contributed by atoms with van der Waals surface area (Å²) in [5, 5.41) is 8.85. The summed E-state index contributed by atoms with van der Waals surface area (Å²) >= 11 is 0. The average molecular weight is 406 g/mol. The highest BCUT2D eigenvalue weighted by molar-refractivity contribution is 7.85. The normalized spacial score (nSPS) is 12.5. The zero-order valence-electron chi connectivity index (χ0n) is 14.4. The summed E-state index contributed by atoms with van der Waals surface area (Å²) < 4.78 is 52.0. The number of benzene rings is 2. The maximum atomic E-state index is 12.9. The number of hydrogen-bond donors (Lipinski definition) is 1. The summed E-state index contributed by atoms with van der Waals surface area (Å²) in [7, 11) is -1.39. The number of hydrogen-bond acceptors (Lipinski definition) is 5. The number of fused-ring (bicyclic) bond motifs is 1. The third-order valence-corrected chi connectivity index (χ3v) is 5.31. The quantitative estimate of drug-likeness (QED) is 0.718. The molecule has 0 aliphatic carbocycles. The van der Waals surface area contributed by atoms with Gasteiger partial charge in [0.2, 0.25) is 0 Å². The topological polar surface area (TPSA) is 87.8 Å².